The van der Waals surface area contributed by atoms with E-state index < -0.39 is 29.3 Å². The number of nitrogens with zero attached hydrogens (tertiary/aromatic N) is 3. The van der Waals surface area contributed by atoms with Crippen LogP contribution in [0.3, 0.4) is 0 Å². The van der Waals surface area contributed by atoms with Crippen LogP contribution < -0.4 is 5.56 Å². The Morgan fingerprint density at radius 3 is 2.76 bits per heavy atom. The maximum absolute atomic E-state index is 13.5. The van der Waals surface area contributed by atoms with Gasteiger partial charge in [0.15, 0.2) is 0 Å². The third-order valence-corrected chi connectivity index (χ3v) is 5.49. The fraction of sp³-hybridized carbons (Fsp3) is 0.200. The van der Waals surface area contributed by atoms with E-state index in [1.54, 1.807) is 0 Å². The van der Waals surface area contributed by atoms with Crippen LogP contribution in [0.2, 0.25) is 0 Å². The molecule has 2 aromatic carbocycles. The van der Waals surface area contributed by atoms with E-state index in [1.807, 2.05) is 18.2 Å². The van der Waals surface area contributed by atoms with Crippen molar-refractivity contribution in [3.63, 3.8) is 0 Å². The van der Waals surface area contributed by atoms with Gasteiger partial charge in [-0.25, -0.2) is 14.2 Å². The summed E-state index contributed by atoms with van der Waals surface area (Å²) in [6.07, 6.45) is 1.39. The van der Waals surface area contributed by atoms with Crippen LogP contribution in [0.4, 0.5) is 4.39 Å². The summed E-state index contributed by atoms with van der Waals surface area (Å²) >= 11 is 3.38. The van der Waals surface area contributed by atoms with Crippen molar-refractivity contribution in [2.75, 3.05) is 0 Å². The second-order valence-corrected chi connectivity index (χ2v) is 7.75. The minimum Gasteiger partial charge on any atom is -0.480 e. The molecule has 1 aliphatic rings. The molecule has 29 heavy (non-hydrogen) atoms. The van der Waals surface area contributed by atoms with Gasteiger partial charge in [-0.1, -0.05) is 22.0 Å². The van der Waals surface area contributed by atoms with Crippen LogP contribution in [0.25, 0.3) is 10.9 Å². The number of benzene rings is 2. The fourth-order valence-corrected chi connectivity index (χ4v) is 3.92. The molecule has 0 saturated heterocycles. The molecule has 1 aromatic heterocycles. The van der Waals surface area contributed by atoms with Gasteiger partial charge in [0.2, 0.25) is 5.91 Å². The van der Waals surface area contributed by atoms with E-state index in [0.29, 0.717) is 5.52 Å². The number of fused-ring (bicyclic) bond motifs is 2. The molecule has 9 heteroatoms. The normalized spacial score (nSPS) is 15.9. The van der Waals surface area contributed by atoms with E-state index in [2.05, 4.69) is 20.9 Å². The number of hydrogen-bond donors (Lipinski definition) is 1. The third-order valence-electron chi connectivity index (χ3n) is 5.00. The van der Waals surface area contributed by atoms with Crippen LogP contribution in [0.5, 0.6) is 0 Å². The topological polar surface area (TPSA) is 92.5 Å². The summed E-state index contributed by atoms with van der Waals surface area (Å²) in [4.78, 5) is 42.6. The number of carbonyl (C=O) groups is 2. The van der Waals surface area contributed by atoms with E-state index in [4.69, 9.17) is 0 Å². The summed E-state index contributed by atoms with van der Waals surface area (Å²) < 4.78 is 15.4. The van der Waals surface area contributed by atoms with Gasteiger partial charge in [-0.05, 0) is 41.5 Å². The third kappa shape index (κ3) is 3.65. The van der Waals surface area contributed by atoms with Gasteiger partial charge in [-0.3, -0.25) is 14.2 Å². The first kappa shape index (κ1) is 19.3. The van der Waals surface area contributed by atoms with Crippen LogP contribution in [0.15, 0.2) is 52.0 Å². The van der Waals surface area contributed by atoms with Crippen molar-refractivity contribution in [2.45, 2.75) is 25.6 Å². The summed E-state index contributed by atoms with van der Waals surface area (Å²) in [6, 6.07) is 8.14. The first-order valence-electron chi connectivity index (χ1n) is 8.78. The first-order chi connectivity index (χ1) is 13.8. The lowest BCUT2D eigenvalue weighted by atomic mass is 9.94. The van der Waals surface area contributed by atoms with Crippen LogP contribution in [0.1, 0.15) is 11.1 Å². The molecule has 1 atom stereocenters. The summed E-state index contributed by atoms with van der Waals surface area (Å²) in [5, 5.41) is 9.66. The van der Waals surface area contributed by atoms with E-state index >= 15 is 0 Å². The van der Waals surface area contributed by atoms with Gasteiger partial charge in [0, 0.05) is 17.4 Å². The summed E-state index contributed by atoms with van der Waals surface area (Å²) in [5.41, 5.74) is 1.47. The Balaban J connectivity index is 1.66. The van der Waals surface area contributed by atoms with Gasteiger partial charge >= 0.3 is 5.97 Å². The van der Waals surface area contributed by atoms with E-state index in [9.17, 15) is 23.9 Å². The quantitative estimate of drug-likeness (QED) is 0.648. The molecular weight excluding hydrogens is 445 g/mol. The lowest BCUT2D eigenvalue weighted by Gasteiger charge is -2.34. The lowest BCUT2D eigenvalue weighted by molar-refractivity contribution is -0.151. The highest BCUT2D eigenvalue weighted by atomic mass is 79.9. The number of carboxylic acids is 1. The SMILES string of the molecule is O=C(O)C1Cc2ccc(Br)cc2CN1C(=O)Cn1cnc2ccc(F)cc2c1=O. The number of halogens is 2. The van der Waals surface area contributed by atoms with Crippen molar-refractivity contribution in [3.05, 3.63) is 74.5 Å². The average molecular weight is 460 g/mol. The molecule has 0 spiro atoms. The molecule has 1 unspecified atom stereocenters. The zero-order chi connectivity index (χ0) is 20.7. The second kappa shape index (κ2) is 7.40. The molecule has 2 heterocycles. The standard InChI is InChI=1S/C20H15BrFN3O4/c21-13-2-1-11-6-17(20(28)29)25(8-12(11)5-13)18(26)9-24-10-23-16-4-3-14(22)7-15(16)19(24)27/h1-5,7,10,17H,6,8-9H2,(H,28,29). The van der Waals surface area contributed by atoms with Crippen LogP contribution in [-0.2, 0) is 29.1 Å². The predicted molar refractivity (Wildman–Crippen MR) is 106 cm³/mol. The highest BCUT2D eigenvalue weighted by Gasteiger charge is 2.34. The van der Waals surface area contributed by atoms with E-state index in [1.165, 1.54) is 23.4 Å². The predicted octanol–water partition coefficient (Wildman–Crippen LogP) is 2.34. The molecule has 1 amide bonds. The molecule has 7 nitrogen and oxygen atoms in total. The Morgan fingerprint density at radius 1 is 1.21 bits per heavy atom. The highest BCUT2D eigenvalue weighted by molar-refractivity contribution is 9.10. The number of rotatable bonds is 3. The average Bonchev–Trinajstić information content (AvgIpc) is 2.69. The molecule has 0 fully saturated rings. The first-order valence-corrected chi connectivity index (χ1v) is 9.57. The van der Waals surface area contributed by atoms with Crippen LogP contribution in [0, 0.1) is 5.82 Å². The Kier molecular flexibility index (Phi) is 4.91. The molecule has 0 saturated carbocycles. The van der Waals surface area contributed by atoms with Crippen molar-refractivity contribution in [1.82, 2.24) is 14.5 Å². The largest absolute Gasteiger partial charge is 0.480 e. The van der Waals surface area contributed by atoms with Crippen molar-refractivity contribution in [2.24, 2.45) is 0 Å². The smallest absolute Gasteiger partial charge is 0.326 e. The Labute approximate surface area is 172 Å². The van der Waals surface area contributed by atoms with Gasteiger partial charge in [-0.2, -0.15) is 0 Å². The number of amides is 1. The zero-order valence-corrected chi connectivity index (χ0v) is 16.6. The monoisotopic (exact) mass is 459 g/mol. The molecule has 1 N–H and O–H groups in total. The van der Waals surface area contributed by atoms with Crippen LogP contribution >= 0.6 is 15.9 Å². The number of aliphatic carboxylic acids is 1. The number of carboxylic acid groups (broad SMARTS) is 1. The summed E-state index contributed by atoms with van der Waals surface area (Å²) in [5.74, 6) is -2.22. The van der Waals surface area contributed by atoms with Gasteiger partial charge in [0.1, 0.15) is 18.4 Å². The number of carbonyl (C=O) groups excluding carboxylic acids is 1. The zero-order valence-electron chi connectivity index (χ0n) is 15.0. The molecule has 1 aliphatic heterocycles. The lowest BCUT2D eigenvalue weighted by Crippen LogP contribution is -2.50. The Morgan fingerprint density at radius 2 is 2.00 bits per heavy atom. The number of aromatic nitrogens is 2. The molecular formula is C20H15BrFN3O4. The van der Waals surface area contributed by atoms with Crippen molar-refractivity contribution >= 4 is 38.7 Å². The van der Waals surface area contributed by atoms with E-state index in [0.717, 1.165) is 26.2 Å². The van der Waals surface area contributed by atoms with Gasteiger partial charge in [0.25, 0.3) is 5.56 Å². The maximum Gasteiger partial charge on any atom is 0.326 e. The molecule has 4 rings (SSSR count). The number of hydrogen-bond acceptors (Lipinski definition) is 4. The molecule has 0 bridgehead atoms. The minimum atomic E-state index is -1.11. The van der Waals surface area contributed by atoms with Gasteiger partial charge in [0.05, 0.1) is 17.2 Å². The summed E-state index contributed by atoms with van der Waals surface area (Å²) in [6.45, 7) is -0.264. The van der Waals surface area contributed by atoms with Crippen molar-refractivity contribution < 1.29 is 19.1 Å². The van der Waals surface area contributed by atoms with Gasteiger partial charge < -0.3 is 10.0 Å². The molecule has 0 aliphatic carbocycles. The van der Waals surface area contributed by atoms with E-state index in [-0.39, 0.29) is 24.9 Å². The fourth-order valence-electron chi connectivity index (χ4n) is 3.52. The molecule has 148 valence electrons. The van der Waals surface area contributed by atoms with Crippen molar-refractivity contribution in [1.29, 1.82) is 0 Å². The van der Waals surface area contributed by atoms with Gasteiger partial charge in [-0.15, -0.1) is 0 Å². The second-order valence-electron chi connectivity index (χ2n) is 6.83. The Bertz CT molecular complexity index is 1210. The Hall–Kier alpha value is -3.07. The molecule has 0 radical (unpaired) electrons. The minimum absolute atomic E-state index is 0.0583. The van der Waals surface area contributed by atoms with Crippen LogP contribution in [-0.4, -0.2) is 37.5 Å². The van der Waals surface area contributed by atoms with Crippen molar-refractivity contribution in [3.8, 4) is 0 Å². The highest BCUT2D eigenvalue weighted by Crippen LogP contribution is 2.26. The molecule has 3 aromatic rings. The maximum atomic E-state index is 13.5. The summed E-state index contributed by atoms with van der Waals surface area (Å²) in [7, 11) is 0.